The van der Waals surface area contributed by atoms with Gasteiger partial charge < -0.3 is 15.4 Å². The number of benzene rings is 1. The summed E-state index contributed by atoms with van der Waals surface area (Å²) in [5.74, 6) is 0.607. The largest absolute Gasteiger partial charge is 0.489 e. The molecule has 0 saturated heterocycles. The van der Waals surface area contributed by atoms with Crippen molar-refractivity contribution in [1.29, 1.82) is 0 Å². The van der Waals surface area contributed by atoms with Crippen molar-refractivity contribution in [2.75, 3.05) is 19.6 Å². The highest BCUT2D eigenvalue weighted by Gasteiger charge is 2.14. The van der Waals surface area contributed by atoms with E-state index in [4.69, 9.17) is 4.74 Å². The number of rotatable bonds is 0. The van der Waals surface area contributed by atoms with Gasteiger partial charge in [-0.3, -0.25) is 4.79 Å². The summed E-state index contributed by atoms with van der Waals surface area (Å²) in [5, 5.41) is 10.5. The zero-order valence-electron chi connectivity index (χ0n) is 13.9. The number of carbonyl (C=O) groups excluding carboxylic acids is 1. The molecule has 4 bridgehead atoms. The molecule has 1 aliphatic rings. The van der Waals surface area contributed by atoms with E-state index in [9.17, 15) is 4.79 Å². The third-order valence-electron chi connectivity index (χ3n) is 4.10. The second-order valence-electron chi connectivity index (χ2n) is 6.06. The Labute approximate surface area is 145 Å². The molecule has 0 fully saturated rings. The second kappa shape index (κ2) is 6.52. The molecule has 0 saturated carbocycles. The summed E-state index contributed by atoms with van der Waals surface area (Å²) in [4.78, 5) is 16.8. The van der Waals surface area contributed by atoms with Gasteiger partial charge in [0, 0.05) is 31.4 Å². The standard InChI is InChI=1S/C18H19N5O2/c1-12-10-19-6-7-20-18(24)16-5-8-23-17(22-16)15(11-21-23)13-3-2-4-14(9-13)25-12/h2-5,8-9,11-12,19H,6-7,10H2,1H3,(H,20,24). The number of carbonyl (C=O) groups is 1. The number of ether oxygens (including phenoxy) is 1. The molecule has 1 aliphatic heterocycles. The van der Waals surface area contributed by atoms with Gasteiger partial charge in [-0.2, -0.15) is 5.10 Å². The normalized spacial score (nSPS) is 18.3. The maximum Gasteiger partial charge on any atom is 0.270 e. The predicted octanol–water partition coefficient (Wildman–Crippen LogP) is 1.50. The minimum atomic E-state index is -0.190. The van der Waals surface area contributed by atoms with E-state index in [2.05, 4.69) is 20.7 Å². The Balaban J connectivity index is 1.82. The highest BCUT2D eigenvalue weighted by atomic mass is 16.5. The number of amides is 1. The molecule has 0 spiro atoms. The van der Waals surface area contributed by atoms with Gasteiger partial charge >= 0.3 is 0 Å². The van der Waals surface area contributed by atoms with Gasteiger partial charge in [-0.25, -0.2) is 9.50 Å². The summed E-state index contributed by atoms with van der Waals surface area (Å²) >= 11 is 0. The summed E-state index contributed by atoms with van der Waals surface area (Å²) in [6.07, 6.45) is 3.52. The molecule has 0 radical (unpaired) electrons. The van der Waals surface area contributed by atoms with Gasteiger partial charge in [0.05, 0.1) is 6.20 Å². The van der Waals surface area contributed by atoms with Gasteiger partial charge in [0.2, 0.25) is 0 Å². The van der Waals surface area contributed by atoms with Gasteiger partial charge in [0.15, 0.2) is 5.65 Å². The number of hydrogen-bond acceptors (Lipinski definition) is 5. The summed E-state index contributed by atoms with van der Waals surface area (Å²) in [6, 6.07) is 9.52. The fourth-order valence-corrected chi connectivity index (χ4v) is 2.87. The quantitative estimate of drug-likeness (QED) is 0.650. The van der Waals surface area contributed by atoms with E-state index in [0.717, 1.165) is 16.9 Å². The van der Waals surface area contributed by atoms with Gasteiger partial charge in [-0.05, 0) is 30.7 Å². The lowest BCUT2D eigenvalue weighted by molar-refractivity contribution is 0.0949. The fourth-order valence-electron chi connectivity index (χ4n) is 2.87. The molecule has 3 aromatic rings. The van der Waals surface area contributed by atoms with Crippen molar-refractivity contribution in [3.63, 3.8) is 0 Å². The van der Waals surface area contributed by atoms with Crippen molar-refractivity contribution in [1.82, 2.24) is 25.2 Å². The fraction of sp³-hybridized carbons (Fsp3) is 0.278. The highest BCUT2D eigenvalue weighted by molar-refractivity contribution is 5.93. The van der Waals surface area contributed by atoms with Crippen LogP contribution in [-0.2, 0) is 0 Å². The number of hydrogen-bond donors (Lipinski definition) is 2. The Bertz CT molecular complexity index is 921. The highest BCUT2D eigenvalue weighted by Crippen LogP contribution is 2.27. The number of nitrogens with one attached hydrogen (secondary N) is 2. The SMILES string of the molecule is CC1CNCCNC(=O)c2ccn3ncc(c3n2)-c2cccc(c2)O1. The zero-order chi connectivity index (χ0) is 17.2. The smallest absolute Gasteiger partial charge is 0.270 e. The van der Waals surface area contributed by atoms with Crippen LogP contribution in [0.25, 0.3) is 16.8 Å². The molecular weight excluding hydrogens is 318 g/mol. The molecule has 128 valence electrons. The Kier molecular flexibility index (Phi) is 4.07. The average Bonchev–Trinajstić information content (AvgIpc) is 3.04. The minimum Gasteiger partial charge on any atom is -0.489 e. The maximum absolute atomic E-state index is 12.3. The molecule has 25 heavy (non-hydrogen) atoms. The number of nitrogens with zero attached hydrogens (tertiary/aromatic N) is 3. The lowest BCUT2D eigenvalue weighted by Crippen LogP contribution is -2.36. The Hall–Kier alpha value is -2.93. The molecular formula is C18H19N5O2. The van der Waals surface area contributed by atoms with Crippen LogP contribution in [0, 0.1) is 0 Å². The van der Waals surface area contributed by atoms with E-state index in [1.807, 2.05) is 31.2 Å². The molecule has 7 nitrogen and oxygen atoms in total. The third-order valence-corrected chi connectivity index (χ3v) is 4.10. The monoisotopic (exact) mass is 337 g/mol. The summed E-state index contributed by atoms with van der Waals surface area (Å²) in [7, 11) is 0. The first-order chi connectivity index (χ1) is 12.2. The molecule has 4 rings (SSSR count). The van der Waals surface area contributed by atoms with Crippen molar-refractivity contribution in [2.24, 2.45) is 0 Å². The molecule has 2 N–H and O–H groups in total. The summed E-state index contributed by atoms with van der Waals surface area (Å²) in [5.41, 5.74) is 2.84. The van der Waals surface area contributed by atoms with Crippen molar-refractivity contribution in [3.05, 3.63) is 48.4 Å². The molecule has 1 atom stereocenters. The molecule has 1 aromatic carbocycles. The van der Waals surface area contributed by atoms with E-state index in [1.54, 1.807) is 23.0 Å². The first-order valence-electron chi connectivity index (χ1n) is 8.31. The first-order valence-corrected chi connectivity index (χ1v) is 8.31. The number of aromatic nitrogens is 3. The molecule has 3 heterocycles. The summed E-state index contributed by atoms with van der Waals surface area (Å²) in [6.45, 7) is 3.90. The maximum atomic E-state index is 12.3. The Morgan fingerprint density at radius 3 is 3.12 bits per heavy atom. The van der Waals surface area contributed by atoms with Crippen LogP contribution in [0.5, 0.6) is 5.75 Å². The van der Waals surface area contributed by atoms with E-state index < -0.39 is 0 Å². The van der Waals surface area contributed by atoms with Crippen LogP contribution in [0.1, 0.15) is 17.4 Å². The van der Waals surface area contributed by atoms with Crippen molar-refractivity contribution in [3.8, 4) is 16.9 Å². The lowest BCUT2D eigenvalue weighted by Gasteiger charge is -2.16. The van der Waals surface area contributed by atoms with Crippen molar-refractivity contribution >= 4 is 11.6 Å². The van der Waals surface area contributed by atoms with Gasteiger partial charge in [-0.1, -0.05) is 12.1 Å². The predicted molar refractivity (Wildman–Crippen MR) is 93.7 cm³/mol. The van der Waals surface area contributed by atoms with E-state index in [-0.39, 0.29) is 12.0 Å². The van der Waals surface area contributed by atoms with E-state index >= 15 is 0 Å². The zero-order valence-corrected chi connectivity index (χ0v) is 13.9. The number of fused-ring (bicyclic) bond motifs is 4. The van der Waals surface area contributed by atoms with Crippen LogP contribution < -0.4 is 15.4 Å². The van der Waals surface area contributed by atoms with Gasteiger partial charge in [0.25, 0.3) is 5.91 Å². The van der Waals surface area contributed by atoms with Crippen LogP contribution in [0.2, 0.25) is 0 Å². The average molecular weight is 337 g/mol. The lowest BCUT2D eigenvalue weighted by atomic mass is 10.1. The minimum absolute atomic E-state index is 0.0161. The third kappa shape index (κ3) is 3.18. The molecule has 2 aromatic heterocycles. The molecule has 0 aliphatic carbocycles. The first kappa shape index (κ1) is 15.6. The Morgan fingerprint density at radius 1 is 1.28 bits per heavy atom. The van der Waals surface area contributed by atoms with Crippen LogP contribution in [0.3, 0.4) is 0 Å². The Morgan fingerprint density at radius 2 is 2.20 bits per heavy atom. The summed E-state index contributed by atoms with van der Waals surface area (Å²) < 4.78 is 7.65. The van der Waals surface area contributed by atoms with Crippen molar-refractivity contribution in [2.45, 2.75) is 13.0 Å². The van der Waals surface area contributed by atoms with E-state index in [1.165, 1.54) is 0 Å². The molecule has 7 heteroatoms. The molecule has 1 unspecified atom stereocenters. The van der Waals surface area contributed by atoms with Gasteiger partial charge in [-0.15, -0.1) is 0 Å². The molecule has 1 amide bonds. The van der Waals surface area contributed by atoms with Crippen LogP contribution in [0.4, 0.5) is 0 Å². The van der Waals surface area contributed by atoms with Crippen LogP contribution in [-0.4, -0.2) is 46.2 Å². The second-order valence-corrected chi connectivity index (χ2v) is 6.06. The van der Waals surface area contributed by atoms with Crippen molar-refractivity contribution < 1.29 is 9.53 Å². The van der Waals surface area contributed by atoms with E-state index in [0.29, 0.717) is 31.0 Å². The van der Waals surface area contributed by atoms with Crippen LogP contribution in [0.15, 0.2) is 42.7 Å². The van der Waals surface area contributed by atoms with Gasteiger partial charge in [0.1, 0.15) is 17.5 Å². The van der Waals surface area contributed by atoms with Crippen LogP contribution >= 0.6 is 0 Å². The topological polar surface area (TPSA) is 80.5 Å².